The van der Waals surface area contributed by atoms with Crippen LogP contribution in [0.25, 0.3) is 10.6 Å². The molecule has 1 aromatic heterocycles. The van der Waals surface area contributed by atoms with E-state index in [2.05, 4.69) is 76.4 Å². The fourth-order valence-corrected chi connectivity index (χ4v) is 4.85. The van der Waals surface area contributed by atoms with Crippen LogP contribution >= 0.6 is 11.3 Å². The average Bonchev–Trinajstić information content (AvgIpc) is 3.28. The van der Waals surface area contributed by atoms with Gasteiger partial charge in [0, 0.05) is 50.2 Å². The first kappa shape index (κ1) is 22.6. The molecule has 0 spiro atoms. The van der Waals surface area contributed by atoms with E-state index >= 15 is 0 Å². The van der Waals surface area contributed by atoms with Crippen LogP contribution in [-0.4, -0.2) is 53.4 Å². The molecule has 6 heteroatoms. The topological polar surface area (TPSA) is 48.5 Å². The second-order valence-electron chi connectivity index (χ2n) is 8.44. The Bertz CT molecular complexity index is 1020. The minimum atomic E-state index is 0.0112. The van der Waals surface area contributed by atoms with Crippen molar-refractivity contribution in [2.24, 2.45) is 0 Å². The molecule has 2 heterocycles. The highest BCUT2D eigenvalue weighted by Gasteiger charge is 2.17. The molecule has 1 aliphatic heterocycles. The highest BCUT2D eigenvalue weighted by molar-refractivity contribution is 7.13. The molecule has 0 aliphatic carbocycles. The Hall–Kier alpha value is -2.54. The average molecular weight is 449 g/mol. The Morgan fingerprint density at radius 3 is 2.41 bits per heavy atom. The first-order chi connectivity index (χ1) is 15.6. The number of carbonyl (C=O) groups is 1. The third-order valence-corrected chi connectivity index (χ3v) is 7.03. The van der Waals surface area contributed by atoms with Crippen LogP contribution in [0.4, 0.5) is 0 Å². The fourth-order valence-electron chi connectivity index (χ4n) is 4.03. The number of nitrogens with one attached hydrogen (secondary N) is 1. The van der Waals surface area contributed by atoms with Crippen LogP contribution < -0.4 is 5.32 Å². The number of carbonyl (C=O) groups excluding carboxylic acids is 1. The number of aromatic nitrogens is 1. The second kappa shape index (κ2) is 10.9. The van der Waals surface area contributed by atoms with Crippen molar-refractivity contribution in [3.63, 3.8) is 0 Å². The molecule has 3 aromatic rings. The maximum atomic E-state index is 12.6. The molecular weight excluding hydrogens is 416 g/mol. The van der Waals surface area contributed by atoms with Gasteiger partial charge in [0.25, 0.3) is 0 Å². The molecule has 2 aromatic carbocycles. The predicted octanol–water partition coefficient (Wildman–Crippen LogP) is 4.11. The van der Waals surface area contributed by atoms with Crippen molar-refractivity contribution in [2.75, 3.05) is 32.7 Å². The van der Waals surface area contributed by atoms with E-state index in [9.17, 15) is 4.79 Å². The van der Waals surface area contributed by atoms with Gasteiger partial charge in [-0.1, -0.05) is 61.0 Å². The molecule has 1 aliphatic rings. The van der Waals surface area contributed by atoms with Gasteiger partial charge in [0.1, 0.15) is 5.01 Å². The van der Waals surface area contributed by atoms with Gasteiger partial charge in [-0.2, -0.15) is 0 Å². The van der Waals surface area contributed by atoms with E-state index in [1.165, 1.54) is 16.7 Å². The summed E-state index contributed by atoms with van der Waals surface area (Å²) in [6.45, 7) is 11.4. The molecule has 1 N–H and O–H groups in total. The van der Waals surface area contributed by atoms with Crippen molar-refractivity contribution < 1.29 is 4.79 Å². The number of nitrogens with zero attached hydrogens (tertiary/aromatic N) is 3. The molecule has 168 valence electrons. The molecule has 1 saturated heterocycles. The van der Waals surface area contributed by atoms with E-state index in [1.54, 1.807) is 11.3 Å². The van der Waals surface area contributed by atoms with Gasteiger partial charge in [-0.05, 0) is 24.6 Å². The van der Waals surface area contributed by atoms with Crippen LogP contribution in [0.5, 0.6) is 0 Å². The third-order valence-electron chi connectivity index (χ3n) is 6.09. The zero-order valence-corrected chi connectivity index (χ0v) is 19.8. The molecule has 1 amide bonds. The van der Waals surface area contributed by atoms with Gasteiger partial charge >= 0.3 is 0 Å². The number of likely N-dealkylation sites (N-methyl/N-ethyl adjacent to an activating group) is 1. The van der Waals surface area contributed by atoms with E-state index < -0.39 is 0 Å². The Morgan fingerprint density at radius 1 is 1.00 bits per heavy atom. The van der Waals surface area contributed by atoms with Crippen molar-refractivity contribution in [1.82, 2.24) is 20.1 Å². The van der Waals surface area contributed by atoms with Crippen molar-refractivity contribution in [3.8, 4) is 10.6 Å². The molecule has 4 rings (SSSR count). The van der Waals surface area contributed by atoms with Crippen LogP contribution in [0.1, 0.15) is 29.3 Å². The zero-order chi connectivity index (χ0) is 22.3. The summed E-state index contributed by atoms with van der Waals surface area (Å²) in [6.07, 6.45) is 0.309. The number of thiazole rings is 1. The van der Waals surface area contributed by atoms with Gasteiger partial charge in [0.15, 0.2) is 0 Å². The second-order valence-corrected chi connectivity index (χ2v) is 9.30. The summed E-state index contributed by atoms with van der Waals surface area (Å²) in [5.74, 6) is 0.0112. The van der Waals surface area contributed by atoms with Crippen LogP contribution in [0.15, 0.2) is 53.9 Å². The summed E-state index contributed by atoms with van der Waals surface area (Å²) in [4.78, 5) is 22.2. The number of aryl methyl sites for hydroxylation is 1. The van der Waals surface area contributed by atoms with E-state index in [1.807, 2.05) is 11.4 Å². The molecule has 5 nitrogen and oxygen atoms in total. The number of piperazine rings is 1. The lowest BCUT2D eigenvalue weighted by molar-refractivity contribution is -0.120. The Morgan fingerprint density at radius 2 is 1.69 bits per heavy atom. The molecule has 0 atom stereocenters. The van der Waals surface area contributed by atoms with Crippen molar-refractivity contribution in [2.45, 2.75) is 33.4 Å². The van der Waals surface area contributed by atoms with Crippen LogP contribution in [-0.2, 0) is 24.3 Å². The normalized spacial score (nSPS) is 15.1. The van der Waals surface area contributed by atoms with E-state index in [4.69, 9.17) is 0 Å². The summed E-state index contributed by atoms with van der Waals surface area (Å²) >= 11 is 1.59. The lowest BCUT2D eigenvalue weighted by Crippen LogP contribution is -2.45. The van der Waals surface area contributed by atoms with E-state index in [-0.39, 0.29) is 5.91 Å². The van der Waals surface area contributed by atoms with Crippen LogP contribution in [0.3, 0.4) is 0 Å². The van der Waals surface area contributed by atoms with Gasteiger partial charge in [-0.25, -0.2) is 4.98 Å². The molecule has 32 heavy (non-hydrogen) atoms. The summed E-state index contributed by atoms with van der Waals surface area (Å²) in [5, 5.41) is 6.04. The number of rotatable bonds is 8. The van der Waals surface area contributed by atoms with Gasteiger partial charge in [-0.3, -0.25) is 9.69 Å². The van der Waals surface area contributed by atoms with Crippen molar-refractivity contribution in [1.29, 1.82) is 0 Å². The van der Waals surface area contributed by atoms with Gasteiger partial charge in [-0.15, -0.1) is 11.3 Å². The largest absolute Gasteiger partial charge is 0.352 e. The number of benzene rings is 2. The van der Waals surface area contributed by atoms with E-state index in [0.29, 0.717) is 13.0 Å². The SMILES string of the molecule is CCN1CCN(Cc2ccccc2CNC(=O)Cc2csc(-c3ccc(C)cc3)n2)CC1. The predicted molar refractivity (Wildman–Crippen MR) is 132 cm³/mol. The number of hydrogen-bond donors (Lipinski definition) is 1. The van der Waals surface area contributed by atoms with Crippen molar-refractivity contribution in [3.05, 3.63) is 76.3 Å². The van der Waals surface area contributed by atoms with Gasteiger partial charge in [0.05, 0.1) is 12.1 Å². The maximum Gasteiger partial charge on any atom is 0.226 e. The summed E-state index contributed by atoms with van der Waals surface area (Å²) < 4.78 is 0. The van der Waals surface area contributed by atoms with Crippen LogP contribution in [0, 0.1) is 6.92 Å². The fraction of sp³-hybridized carbons (Fsp3) is 0.385. The molecule has 0 radical (unpaired) electrons. The summed E-state index contributed by atoms with van der Waals surface area (Å²) in [6, 6.07) is 16.8. The lowest BCUT2D eigenvalue weighted by atomic mass is 10.1. The molecule has 1 fully saturated rings. The highest BCUT2D eigenvalue weighted by Crippen LogP contribution is 2.24. The highest BCUT2D eigenvalue weighted by atomic mass is 32.1. The summed E-state index contributed by atoms with van der Waals surface area (Å²) in [5.41, 5.74) is 5.64. The first-order valence-corrected chi connectivity index (χ1v) is 12.3. The minimum absolute atomic E-state index is 0.0112. The quantitative estimate of drug-likeness (QED) is 0.563. The Balaban J connectivity index is 1.30. The summed E-state index contributed by atoms with van der Waals surface area (Å²) in [7, 11) is 0. The van der Waals surface area contributed by atoms with Gasteiger partial charge in [0.2, 0.25) is 5.91 Å². The Labute approximate surface area is 195 Å². The van der Waals surface area contributed by atoms with Crippen molar-refractivity contribution >= 4 is 17.2 Å². The lowest BCUT2D eigenvalue weighted by Gasteiger charge is -2.34. The van der Waals surface area contributed by atoms with E-state index in [0.717, 1.165) is 55.5 Å². The monoisotopic (exact) mass is 448 g/mol. The molecule has 0 unspecified atom stereocenters. The molecule has 0 saturated carbocycles. The van der Waals surface area contributed by atoms with Gasteiger partial charge < -0.3 is 10.2 Å². The minimum Gasteiger partial charge on any atom is -0.352 e. The smallest absolute Gasteiger partial charge is 0.226 e. The standard InChI is InChI=1S/C26H32N4OS/c1-3-29-12-14-30(15-13-29)18-23-7-5-4-6-22(23)17-27-25(31)16-24-19-32-26(28-24)21-10-8-20(2)9-11-21/h4-11,19H,3,12-18H2,1-2H3,(H,27,31). The third kappa shape index (κ3) is 6.03. The molecule has 0 bridgehead atoms. The number of amides is 1. The number of hydrogen-bond acceptors (Lipinski definition) is 5. The Kier molecular flexibility index (Phi) is 7.68. The van der Waals surface area contributed by atoms with Crippen LogP contribution in [0.2, 0.25) is 0 Å². The maximum absolute atomic E-state index is 12.6. The zero-order valence-electron chi connectivity index (χ0n) is 19.0. The first-order valence-electron chi connectivity index (χ1n) is 11.4. The molecular formula is C26H32N4OS.